The van der Waals surface area contributed by atoms with Crippen LogP contribution < -0.4 is 10.6 Å². The molecule has 0 saturated carbocycles. The van der Waals surface area contributed by atoms with Crippen molar-refractivity contribution >= 4 is 64.9 Å². The largest absolute Gasteiger partial charge is 0.351 e. The second kappa shape index (κ2) is 10.2. The first-order valence-corrected chi connectivity index (χ1v) is 9.11. The standard InChI is InChI=1S/C18H19ClFN7.2ClH/c1-27-6-4-11(5-7-27)25-18-21-9-15-16(26-18)17(23-10-22-15)24-12-2-3-14(20)13(19)8-12;;/h2-3,8-11H,4-7H2,1H3,(H,21,25,26)(H,22,23,24);2*1H. The molecule has 156 valence electrons. The van der Waals surface area contributed by atoms with Crippen molar-refractivity contribution in [2.24, 2.45) is 0 Å². The molecule has 3 heterocycles. The highest BCUT2D eigenvalue weighted by Crippen LogP contribution is 2.25. The lowest BCUT2D eigenvalue weighted by Crippen LogP contribution is -2.37. The van der Waals surface area contributed by atoms with Gasteiger partial charge < -0.3 is 15.5 Å². The second-order valence-electron chi connectivity index (χ2n) is 6.63. The summed E-state index contributed by atoms with van der Waals surface area (Å²) in [5.41, 5.74) is 1.82. The number of nitrogens with zero attached hydrogens (tertiary/aromatic N) is 5. The molecule has 0 radical (unpaired) electrons. The Morgan fingerprint density at radius 1 is 1.14 bits per heavy atom. The van der Waals surface area contributed by atoms with Crippen LogP contribution in [-0.4, -0.2) is 51.0 Å². The van der Waals surface area contributed by atoms with Crippen LogP contribution in [0.25, 0.3) is 11.0 Å². The molecule has 3 aromatic rings. The molecule has 0 atom stereocenters. The maximum atomic E-state index is 13.4. The van der Waals surface area contributed by atoms with E-state index in [9.17, 15) is 4.39 Å². The van der Waals surface area contributed by atoms with Gasteiger partial charge in [-0.05, 0) is 51.2 Å². The van der Waals surface area contributed by atoms with Gasteiger partial charge in [0.25, 0.3) is 0 Å². The second-order valence-corrected chi connectivity index (χ2v) is 7.03. The van der Waals surface area contributed by atoms with Gasteiger partial charge in [0.2, 0.25) is 5.95 Å². The smallest absolute Gasteiger partial charge is 0.223 e. The highest BCUT2D eigenvalue weighted by Gasteiger charge is 2.18. The third-order valence-corrected chi connectivity index (χ3v) is 4.90. The number of hydrogen-bond acceptors (Lipinski definition) is 7. The quantitative estimate of drug-likeness (QED) is 0.601. The molecule has 1 aliphatic heterocycles. The molecule has 0 spiro atoms. The summed E-state index contributed by atoms with van der Waals surface area (Å²) < 4.78 is 13.4. The van der Waals surface area contributed by atoms with E-state index in [-0.39, 0.29) is 29.8 Å². The van der Waals surface area contributed by atoms with E-state index in [0.717, 1.165) is 25.9 Å². The fraction of sp³-hybridized carbons (Fsp3) is 0.333. The fourth-order valence-electron chi connectivity index (χ4n) is 3.06. The zero-order chi connectivity index (χ0) is 18.8. The van der Waals surface area contributed by atoms with Crippen molar-refractivity contribution in [1.82, 2.24) is 24.8 Å². The number of benzene rings is 1. The summed E-state index contributed by atoms with van der Waals surface area (Å²) in [6.45, 7) is 2.10. The number of hydrogen-bond donors (Lipinski definition) is 2. The maximum Gasteiger partial charge on any atom is 0.223 e. The molecule has 2 N–H and O–H groups in total. The first-order valence-electron chi connectivity index (χ1n) is 8.73. The van der Waals surface area contributed by atoms with E-state index < -0.39 is 5.82 Å². The zero-order valence-electron chi connectivity index (χ0n) is 15.6. The minimum atomic E-state index is -0.471. The van der Waals surface area contributed by atoms with E-state index in [1.807, 2.05) is 0 Å². The molecule has 2 aromatic heterocycles. The van der Waals surface area contributed by atoms with Crippen molar-refractivity contribution in [2.45, 2.75) is 18.9 Å². The minimum Gasteiger partial charge on any atom is -0.351 e. The molecule has 1 aliphatic rings. The maximum absolute atomic E-state index is 13.4. The van der Waals surface area contributed by atoms with Crippen molar-refractivity contribution < 1.29 is 4.39 Å². The number of aromatic nitrogens is 4. The number of likely N-dealkylation sites (tertiary alicyclic amines) is 1. The van der Waals surface area contributed by atoms with E-state index in [4.69, 9.17) is 11.6 Å². The minimum absolute atomic E-state index is 0. The topological polar surface area (TPSA) is 78.9 Å². The number of anilines is 3. The first-order chi connectivity index (χ1) is 13.1. The van der Waals surface area contributed by atoms with Crippen molar-refractivity contribution in [2.75, 3.05) is 30.8 Å². The third-order valence-electron chi connectivity index (χ3n) is 4.61. The summed E-state index contributed by atoms with van der Waals surface area (Å²) in [4.78, 5) is 19.8. The summed E-state index contributed by atoms with van der Waals surface area (Å²) in [6, 6.07) is 4.74. The fourth-order valence-corrected chi connectivity index (χ4v) is 3.24. The molecule has 1 aromatic carbocycles. The average Bonchev–Trinajstić information content (AvgIpc) is 2.67. The Morgan fingerprint density at radius 3 is 2.62 bits per heavy atom. The van der Waals surface area contributed by atoms with Crippen LogP contribution in [0.1, 0.15) is 12.8 Å². The molecule has 29 heavy (non-hydrogen) atoms. The number of fused-ring (bicyclic) bond motifs is 1. The van der Waals surface area contributed by atoms with Crippen molar-refractivity contribution in [3.63, 3.8) is 0 Å². The van der Waals surface area contributed by atoms with Crippen molar-refractivity contribution in [1.29, 1.82) is 0 Å². The van der Waals surface area contributed by atoms with Crippen LogP contribution in [-0.2, 0) is 0 Å². The van der Waals surface area contributed by atoms with Gasteiger partial charge in [0.15, 0.2) is 5.82 Å². The lowest BCUT2D eigenvalue weighted by Gasteiger charge is -2.29. The Bertz CT molecular complexity index is 967. The summed E-state index contributed by atoms with van der Waals surface area (Å²) >= 11 is 5.86. The molecule has 1 fully saturated rings. The highest BCUT2D eigenvalue weighted by atomic mass is 35.5. The van der Waals surface area contributed by atoms with Crippen LogP contribution >= 0.6 is 36.4 Å². The van der Waals surface area contributed by atoms with Crippen LogP contribution in [0.5, 0.6) is 0 Å². The monoisotopic (exact) mass is 459 g/mol. The molecule has 0 unspecified atom stereocenters. The predicted molar refractivity (Wildman–Crippen MR) is 118 cm³/mol. The Balaban J connectivity index is 0.00000150. The summed E-state index contributed by atoms with van der Waals surface area (Å²) in [5.74, 6) is 0.588. The molecular weight excluding hydrogens is 440 g/mol. The van der Waals surface area contributed by atoms with Gasteiger partial charge in [-0.25, -0.2) is 24.3 Å². The van der Waals surface area contributed by atoms with Gasteiger partial charge in [-0.1, -0.05) is 11.6 Å². The Morgan fingerprint density at radius 2 is 1.90 bits per heavy atom. The van der Waals surface area contributed by atoms with Gasteiger partial charge in [0.05, 0.1) is 11.2 Å². The Hall–Kier alpha value is -2.00. The lowest BCUT2D eigenvalue weighted by atomic mass is 10.1. The van der Waals surface area contributed by atoms with E-state index in [0.29, 0.717) is 34.5 Å². The molecular formula is C18H21Cl3FN7. The van der Waals surface area contributed by atoms with E-state index >= 15 is 0 Å². The Labute approximate surface area is 185 Å². The van der Waals surface area contributed by atoms with Gasteiger partial charge in [-0.3, -0.25) is 0 Å². The lowest BCUT2D eigenvalue weighted by molar-refractivity contribution is 0.263. The van der Waals surface area contributed by atoms with Crippen LogP contribution in [0.3, 0.4) is 0 Å². The van der Waals surface area contributed by atoms with Gasteiger partial charge in [-0.15, -0.1) is 24.8 Å². The number of piperidine rings is 1. The molecule has 11 heteroatoms. The van der Waals surface area contributed by atoms with Gasteiger partial charge in [0, 0.05) is 11.7 Å². The average molecular weight is 461 g/mol. The Kier molecular flexibility index (Phi) is 8.15. The van der Waals surface area contributed by atoms with Crippen LogP contribution in [0.2, 0.25) is 5.02 Å². The number of rotatable bonds is 4. The van der Waals surface area contributed by atoms with Crippen LogP contribution in [0.4, 0.5) is 21.8 Å². The molecule has 4 rings (SSSR count). The van der Waals surface area contributed by atoms with Gasteiger partial charge in [0.1, 0.15) is 23.2 Å². The van der Waals surface area contributed by atoms with Crippen LogP contribution in [0, 0.1) is 5.82 Å². The van der Waals surface area contributed by atoms with Gasteiger partial charge >= 0.3 is 0 Å². The normalized spacial score (nSPS) is 14.7. The van der Waals surface area contributed by atoms with Crippen molar-refractivity contribution in [3.05, 3.63) is 41.6 Å². The third kappa shape index (κ3) is 5.54. The van der Waals surface area contributed by atoms with E-state index in [2.05, 4.69) is 42.5 Å². The SMILES string of the molecule is CN1CCC(Nc2ncc3ncnc(Nc4ccc(F)c(Cl)c4)c3n2)CC1.Cl.Cl. The van der Waals surface area contributed by atoms with E-state index in [1.54, 1.807) is 12.3 Å². The van der Waals surface area contributed by atoms with Crippen molar-refractivity contribution in [3.8, 4) is 0 Å². The summed E-state index contributed by atoms with van der Waals surface area (Å²) in [5, 5.41) is 6.56. The number of nitrogens with one attached hydrogen (secondary N) is 2. The molecule has 0 aliphatic carbocycles. The van der Waals surface area contributed by atoms with Gasteiger partial charge in [-0.2, -0.15) is 0 Å². The summed E-state index contributed by atoms with van der Waals surface area (Å²) in [7, 11) is 2.12. The molecule has 7 nitrogen and oxygen atoms in total. The summed E-state index contributed by atoms with van der Waals surface area (Å²) in [6.07, 6.45) is 5.19. The molecule has 1 saturated heterocycles. The van der Waals surface area contributed by atoms with E-state index in [1.165, 1.54) is 18.5 Å². The zero-order valence-corrected chi connectivity index (χ0v) is 18.0. The molecule has 0 amide bonds. The number of halogens is 4. The predicted octanol–water partition coefficient (Wildman–Crippen LogP) is 4.31. The molecule has 0 bridgehead atoms. The highest BCUT2D eigenvalue weighted by molar-refractivity contribution is 6.31. The first kappa shape index (κ1) is 23.3. The van der Waals surface area contributed by atoms with Crippen LogP contribution in [0.15, 0.2) is 30.7 Å².